The Balaban J connectivity index is 1.24. The number of hydrogen-bond donors (Lipinski definition) is 2. The van der Waals surface area contributed by atoms with E-state index in [1.165, 1.54) is 13.2 Å². The maximum absolute atomic E-state index is 14.7. The van der Waals surface area contributed by atoms with E-state index < -0.39 is 11.8 Å². The van der Waals surface area contributed by atoms with Gasteiger partial charge < -0.3 is 19.5 Å². The molecule has 50 heavy (non-hydrogen) atoms. The number of phenols is 1. The van der Waals surface area contributed by atoms with Gasteiger partial charge in [-0.1, -0.05) is 23.2 Å². The third-order valence-electron chi connectivity index (χ3n) is 9.24. The molecule has 0 aliphatic carbocycles. The van der Waals surface area contributed by atoms with Crippen molar-refractivity contribution in [2.45, 2.75) is 51.2 Å². The number of ether oxygens (including phenoxy) is 1. The van der Waals surface area contributed by atoms with Gasteiger partial charge in [0.25, 0.3) is 0 Å². The molecule has 3 aromatic carbocycles. The molecular weight excluding hydrogens is 700 g/mol. The fourth-order valence-electron chi connectivity index (χ4n) is 6.74. The van der Waals surface area contributed by atoms with Crippen LogP contribution in [-0.2, 0) is 49.7 Å². The largest absolute Gasteiger partial charge is 0.507 e. The summed E-state index contributed by atoms with van der Waals surface area (Å²) in [5.74, 6) is 0.277. The fraction of sp³-hybridized carbons (Fsp3) is 0.324. The first-order valence-electron chi connectivity index (χ1n) is 16.2. The molecule has 0 bridgehead atoms. The van der Waals surface area contributed by atoms with E-state index in [4.69, 9.17) is 38.1 Å². The highest BCUT2D eigenvalue weighted by Crippen LogP contribution is 2.43. The second kappa shape index (κ2) is 14.7. The van der Waals surface area contributed by atoms with Crippen molar-refractivity contribution in [3.8, 4) is 16.9 Å². The van der Waals surface area contributed by atoms with E-state index in [-0.39, 0.29) is 17.4 Å². The van der Waals surface area contributed by atoms with Gasteiger partial charge in [0.15, 0.2) is 0 Å². The van der Waals surface area contributed by atoms with E-state index in [0.717, 1.165) is 55.9 Å². The fourth-order valence-corrected chi connectivity index (χ4v) is 8.00. The highest BCUT2D eigenvalue weighted by atomic mass is 35.5. The molecule has 3 heterocycles. The van der Waals surface area contributed by atoms with Crippen LogP contribution in [0, 0.1) is 19.7 Å². The second-order valence-electron chi connectivity index (χ2n) is 12.4. The number of fused-ring (bicyclic) bond motifs is 2. The number of halogens is 3. The Morgan fingerprint density at radius 3 is 2.46 bits per heavy atom. The summed E-state index contributed by atoms with van der Waals surface area (Å²) >= 11 is 14.6. The lowest BCUT2D eigenvalue weighted by Gasteiger charge is -2.11. The summed E-state index contributed by atoms with van der Waals surface area (Å²) in [4.78, 5) is 13.0. The summed E-state index contributed by atoms with van der Waals surface area (Å²) in [6.45, 7) is 4.35. The van der Waals surface area contributed by atoms with Gasteiger partial charge in [-0.15, -0.1) is 11.8 Å². The van der Waals surface area contributed by atoms with Gasteiger partial charge in [0.1, 0.15) is 17.3 Å². The first-order chi connectivity index (χ1) is 23.9. The van der Waals surface area contributed by atoms with E-state index in [2.05, 4.69) is 6.07 Å². The minimum absolute atomic E-state index is 0.00736. The average molecular weight is 739 g/mol. The van der Waals surface area contributed by atoms with Gasteiger partial charge >= 0.3 is 5.97 Å². The van der Waals surface area contributed by atoms with Crippen LogP contribution in [0.4, 0.5) is 4.39 Å². The number of phenolic OH excluding ortho intramolecular Hbond substituents is 1. The Hall–Kier alpha value is -4.03. The van der Waals surface area contributed by atoms with Crippen LogP contribution in [0.1, 0.15) is 50.8 Å². The minimum atomic E-state index is -0.538. The Labute approximate surface area is 303 Å². The molecule has 0 radical (unpaired) electrons. The van der Waals surface area contributed by atoms with Crippen LogP contribution in [0.25, 0.3) is 32.8 Å². The standard InChI is InChI=1S/C37H38Cl2FN5O4S/c1-20-32-30(45(13-6-14-46)36(20)37(48)49-5)12-11-27(38)34(32)33-21(2)43(3)42-29(33)19-50-18-23-17-24(44(4)41-23)8-7-22-15-26-25(31(47)16-22)9-10-28(39)35(26)40/h9-12,15-17,46-47H,6-8,13-14,18-19H2,1-5H3. The first-order valence-corrected chi connectivity index (χ1v) is 18.1. The lowest BCUT2D eigenvalue weighted by atomic mass is 9.97. The van der Waals surface area contributed by atoms with Crippen molar-refractivity contribution in [1.29, 1.82) is 0 Å². The van der Waals surface area contributed by atoms with Crippen molar-refractivity contribution in [3.63, 3.8) is 0 Å². The number of rotatable bonds is 12. The summed E-state index contributed by atoms with van der Waals surface area (Å²) in [7, 11) is 5.18. The zero-order chi connectivity index (χ0) is 35.9. The van der Waals surface area contributed by atoms with Gasteiger partial charge in [-0.3, -0.25) is 9.36 Å². The molecule has 2 N–H and O–H groups in total. The molecule has 0 unspecified atom stereocenters. The van der Waals surface area contributed by atoms with Crippen LogP contribution in [0.3, 0.4) is 0 Å². The number of aromatic hydroxyl groups is 1. The quantitative estimate of drug-likeness (QED) is 0.122. The number of carbonyl (C=O) groups is 1. The molecule has 9 nitrogen and oxygen atoms in total. The molecule has 0 saturated heterocycles. The van der Waals surface area contributed by atoms with Crippen molar-refractivity contribution in [2.75, 3.05) is 13.7 Å². The molecule has 0 spiro atoms. The molecule has 0 saturated carbocycles. The third-order valence-corrected chi connectivity index (χ3v) is 10.8. The number of benzene rings is 3. The highest BCUT2D eigenvalue weighted by molar-refractivity contribution is 7.97. The van der Waals surface area contributed by atoms with E-state index >= 15 is 0 Å². The Morgan fingerprint density at radius 2 is 1.72 bits per heavy atom. The van der Waals surface area contributed by atoms with Gasteiger partial charge in [0, 0.05) is 88.0 Å². The summed E-state index contributed by atoms with van der Waals surface area (Å²) in [6, 6.07) is 12.3. The van der Waals surface area contributed by atoms with Crippen LogP contribution in [-0.4, -0.2) is 54.0 Å². The van der Waals surface area contributed by atoms with Crippen molar-refractivity contribution < 1.29 is 24.1 Å². The lowest BCUT2D eigenvalue weighted by Crippen LogP contribution is -2.12. The molecule has 0 fully saturated rings. The van der Waals surface area contributed by atoms with Gasteiger partial charge in [-0.05, 0) is 86.7 Å². The number of aliphatic hydroxyl groups excluding tert-OH is 1. The number of aryl methyl sites for hydroxylation is 6. The Bertz CT molecular complexity index is 2260. The number of aromatic nitrogens is 5. The lowest BCUT2D eigenvalue weighted by molar-refractivity contribution is 0.0587. The third kappa shape index (κ3) is 6.59. The van der Waals surface area contributed by atoms with Crippen molar-refractivity contribution in [2.24, 2.45) is 14.1 Å². The summed E-state index contributed by atoms with van der Waals surface area (Å²) < 4.78 is 25.4. The van der Waals surface area contributed by atoms with Crippen LogP contribution >= 0.6 is 35.0 Å². The molecule has 3 aromatic heterocycles. The minimum Gasteiger partial charge on any atom is -0.507 e. The predicted octanol–water partition coefficient (Wildman–Crippen LogP) is 8.08. The highest BCUT2D eigenvalue weighted by Gasteiger charge is 2.27. The Kier molecular flexibility index (Phi) is 10.5. The SMILES string of the molecule is COC(=O)c1c(C)c2c(-c3c(CSCc4cc(CCc5cc(O)c6ccc(Cl)c(F)c6c5)n(C)n4)nn(C)c3C)c(Cl)ccc2n1CCCO. The van der Waals surface area contributed by atoms with Crippen LogP contribution in [0.15, 0.2) is 42.5 Å². The average Bonchev–Trinajstić information content (AvgIpc) is 3.69. The van der Waals surface area contributed by atoms with Gasteiger partial charge in [0.2, 0.25) is 0 Å². The smallest absolute Gasteiger partial charge is 0.354 e. The maximum atomic E-state index is 14.7. The van der Waals surface area contributed by atoms with Crippen molar-refractivity contribution in [3.05, 3.63) is 97.9 Å². The number of nitrogens with zero attached hydrogens (tertiary/aromatic N) is 5. The topological polar surface area (TPSA) is 107 Å². The number of aliphatic hydroxyl groups is 1. The first kappa shape index (κ1) is 35.8. The molecule has 0 aliphatic rings. The molecule has 0 amide bonds. The number of esters is 1. The normalized spacial score (nSPS) is 11.7. The summed E-state index contributed by atoms with van der Waals surface area (Å²) in [5, 5.41) is 31.9. The van der Waals surface area contributed by atoms with Gasteiger partial charge in [-0.2, -0.15) is 10.2 Å². The van der Waals surface area contributed by atoms with Crippen LogP contribution in [0.5, 0.6) is 5.75 Å². The zero-order valence-electron chi connectivity index (χ0n) is 28.5. The molecule has 262 valence electrons. The summed E-state index contributed by atoms with van der Waals surface area (Å²) in [6.07, 6.45) is 1.72. The number of carbonyl (C=O) groups excluding carboxylic acids is 1. The van der Waals surface area contributed by atoms with Crippen molar-refractivity contribution in [1.82, 2.24) is 24.1 Å². The molecule has 6 rings (SSSR count). The number of methoxy groups -OCH3 is 1. The number of hydrogen-bond acceptors (Lipinski definition) is 7. The van der Waals surface area contributed by atoms with E-state index in [9.17, 15) is 19.4 Å². The molecule has 13 heteroatoms. The number of thioether (sulfide) groups is 1. The van der Waals surface area contributed by atoms with E-state index in [1.54, 1.807) is 30.0 Å². The monoisotopic (exact) mass is 737 g/mol. The molecule has 0 atom stereocenters. The maximum Gasteiger partial charge on any atom is 0.354 e. The Morgan fingerprint density at radius 1 is 0.960 bits per heavy atom. The van der Waals surface area contributed by atoms with Crippen molar-refractivity contribution >= 4 is 62.6 Å². The van der Waals surface area contributed by atoms with E-state index in [0.29, 0.717) is 58.8 Å². The van der Waals surface area contributed by atoms with Gasteiger partial charge in [0.05, 0.1) is 23.5 Å². The van der Waals surface area contributed by atoms with Crippen LogP contribution < -0.4 is 0 Å². The molecular formula is C37H38Cl2FN5O4S. The van der Waals surface area contributed by atoms with Crippen LogP contribution in [0.2, 0.25) is 10.0 Å². The molecule has 0 aliphatic heterocycles. The molecule has 6 aromatic rings. The zero-order valence-corrected chi connectivity index (χ0v) is 30.8. The summed E-state index contributed by atoms with van der Waals surface area (Å²) in [5.41, 5.74) is 8.33. The second-order valence-corrected chi connectivity index (χ2v) is 14.2. The predicted molar refractivity (Wildman–Crippen MR) is 198 cm³/mol. The van der Waals surface area contributed by atoms with E-state index in [1.807, 2.05) is 54.0 Å². The van der Waals surface area contributed by atoms with Gasteiger partial charge in [-0.25, -0.2) is 9.18 Å².